The van der Waals surface area contributed by atoms with Crippen LogP contribution in [0, 0.1) is 11.8 Å². The lowest BCUT2D eigenvalue weighted by molar-refractivity contribution is -0.154. The Kier molecular flexibility index (Phi) is 8.88. The second kappa shape index (κ2) is 11.9. The summed E-state index contributed by atoms with van der Waals surface area (Å²) < 4.78 is 10.2. The Hall–Kier alpha value is -2.78. The number of hydrogen-bond donors (Lipinski definition) is 1. The van der Waals surface area contributed by atoms with E-state index < -0.39 is 28.7 Å². The number of allylic oxidation sites excluding steroid dienone is 1. The summed E-state index contributed by atoms with van der Waals surface area (Å²) in [6.45, 7) is 9.57. The highest BCUT2D eigenvalue weighted by Gasteiger charge is 2.74. The number of amides is 2. The predicted molar refractivity (Wildman–Crippen MR) is 148 cm³/mol. The molecular weight excluding hydrogens is 504 g/mol. The van der Waals surface area contributed by atoms with Gasteiger partial charge in [-0.25, -0.2) is 0 Å². The molecule has 0 aromatic heterocycles. The summed E-state index contributed by atoms with van der Waals surface area (Å²) in [6, 6.07) is 5.78. The van der Waals surface area contributed by atoms with Crippen LogP contribution < -0.4 is 9.64 Å². The number of ether oxygens (including phenoxy) is 2. The minimum atomic E-state index is -0.815. The summed E-state index contributed by atoms with van der Waals surface area (Å²) in [7, 11) is 1.58. The van der Waals surface area contributed by atoms with Crippen LogP contribution >= 0.6 is 11.8 Å². The van der Waals surface area contributed by atoms with Crippen molar-refractivity contribution < 1.29 is 29.0 Å². The molecule has 38 heavy (non-hydrogen) atoms. The van der Waals surface area contributed by atoms with Gasteiger partial charge in [0.1, 0.15) is 11.8 Å². The summed E-state index contributed by atoms with van der Waals surface area (Å²) in [6.07, 6.45) is 7.35. The van der Waals surface area contributed by atoms with Crippen molar-refractivity contribution in [3.8, 4) is 5.75 Å². The molecule has 0 aliphatic carbocycles. The number of aliphatic hydroxyl groups excluding tert-OH is 1. The van der Waals surface area contributed by atoms with Gasteiger partial charge in [-0.15, -0.1) is 24.9 Å². The number of fused-ring (bicyclic) bond motifs is 1. The number of thioether (sulfide) groups is 1. The van der Waals surface area contributed by atoms with Gasteiger partial charge in [-0.2, -0.15) is 0 Å². The molecule has 1 N–H and O–H groups in total. The van der Waals surface area contributed by atoms with Crippen LogP contribution in [0.5, 0.6) is 5.75 Å². The lowest BCUT2D eigenvalue weighted by Gasteiger charge is -2.38. The van der Waals surface area contributed by atoms with E-state index in [1.807, 2.05) is 6.08 Å². The number of carbonyl (C=O) groups is 3. The fourth-order valence-electron chi connectivity index (χ4n) is 6.22. The number of likely N-dealkylation sites (tertiary alicyclic amines) is 1. The third kappa shape index (κ3) is 4.86. The molecule has 2 bridgehead atoms. The van der Waals surface area contributed by atoms with E-state index in [1.54, 1.807) is 61.0 Å². The molecule has 3 heterocycles. The van der Waals surface area contributed by atoms with E-state index in [4.69, 9.17) is 9.47 Å². The van der Waals surface area contributed by atoms with E-state index in [-0.39, 0.29) is 36.2 Å². The van der Waals surface area contributed by atoms with Gasteiger partial charge in [-0.3, -0.25) is 14.4 Å². The van der Waals surface area contributed by atoms with E-state index in [2.05, 4.69) is 13.2 Å². The van der Waals surface area contributed by atoms with Crippen molar-refractivity contribution in [2.75, 3.05) is 31.8 Å². The molecule has 0 radical (unpaired) electrons. The molecule has 8 nitrogen and oxygen atoms in total. The lowest BCUT2D eigenvalue weighted by atomic mass is 9.71. The monoisotopic (exact) mass is 542 g/mol. The van der Waals surface area contributed by atoms with Crippen molar-refractivity contribution in [1.82, 2.24) is 4.90 Å². The zero-order valence-electron chi connectivity index (χ0n) is 22.2. The molecule has 0 saturated carbocycles. The second-order valence-corrected chi connectivity index (χ2v) is 11.8. The maximum Gasteiger partial charge on any atom is 0.310 e. The standard InChI is InChI=1S/C29H38N2O6S/c1-5-7-8-9-17-37-28(35)23-22-14-15-29(38-22)24(23)26(33)31(19(3)18-32)25(29)27(34)30(16-6-2)20-10-12-21(36-4)13-11-20/h5-6,10-13,19,22-25,32H,1-2,7-9,14-18H2,3-4H3/t19-,22+,23-,24+,25?,29?/m1/s1. The molecule has 4 rings (SSSR count). The van der Waals surface area contributed by atoms with Gasteiger partial charge in [0.2, 0.25) is 5.91 Å². The molecule has 3 aliphatic rings. The Morgan fingerprint density at radius 1 is 1.26 bits per heavy atom. The van der Waals surface area contributed by atoms with E-state index in [0.29, 0.717) is 24.5 Å². The van der Waals surface area contributed by atoms with E-state index in [9.17, 15) is 19.5 Å². The van der Waals surface area contributed by atoms with Gasteiger partial charge in [0.05, 0.1) is 42.9 Å². The zero-order valence-corrected chi connectivity index (χ0v) is 23.0. The number of carbonyl (C=O) groups excluding carboxylic acids is 3. The van der Waals surface area contributed by atoms with E-state index in [1.165, 1.54) is 4.90 Å². The lowest BCUT2D eigenvalue weighted by Crippen LogP contribution is -2.57. The third-order valence-corrected chi connectivity index (χ3v) is 9.94. The molecular formula is C29H38N2O6S. The highest BCUT2D eigenvalue weighted by molar-refractivity contribution is 8.02. The highest BCUT2D eigenvalue weighted by Crippen LogP contribution is 2.67. The van der Waals surface area contributed by atoms with Crippen LogP contribution in [0.15, 0.2) is 49.6 Å². The number of rotatable bonds is 13. The summed E-state index contributed by atoms with van der Waals surface area (Å²) in [4.78, 5) is 44.8. The minimum Gasteiger partial charge on any atom is -0.497 e. The Bertz CT molecular complexity index is 1060. The third-order valence-electron chi connectivity index (χ3n) is 7.99. The first-order chi connectivity index (χ1) is 18.3. The number of nitrogens with zero attached hydrogens (tertiary/aromatic N) is 2. The van der Waals surface area contributed by atoms with Crippen LogP contribution in [0.4, 0.5) is 5.69 Å². The maximum atomic E-state index is 14.4. The van der Waals surface area contributed by atoms with Crippen molar-refractivity contribution in [2.45, 2.75) is 61.1 Å². The van der Waals surface area contributed by atoms with Gasteiger partial charge >= 0.3 is 5.97 Å². The fraction of sp³-hybridized carbons (Fsp3) is 0.552. The summed E-state index contributed by atoms with van der Waals surface area (Å²) in [5.41, 5.74) is 0.660. The molecule has 3 fully saturated rings. The van der Waals surface area contributed by atoms with Gasteiger partial charge in [0.25, 0.3) is 5.91 Å². The molecule has 6 atom stereocenters. The first-order valence-corrected chi connectivity index (χ1v) is 14.2. The first-order valence-electron chi connectivity index (χ1n) is 13.3. The molecule has 3 saturated heterocycles. The largest absolute Gasteiger partial charge is 0.497 e. The zero-order chi connectivity index (χ0) is 27.4. The Labute approximate surface area is 229 Å². The number of methoxy groups -OCH3 is 1. The van der Waals surface area contributed by atoms with Gasteiger partial charge in [-0.05, 0) is 63.3 Å². The van der Waals surface area contributed by atoms with Crippen LogP contribution in [0.1, 0.15) is 39.0 Å². The van der Waals surface area contributed by atoms with Crippen molar-refractivity contribution in [3.05, 3.63) is 49.6 Å². The molecule has 1 aromatic rings. The van der Waals surface area contributed by atoms with Crippen molar-refractivity contribution in [2.24, 2.45) is 11.8 Å². The summed E-state index contributed by atoms with van der Waals surface area (Å²) >= 11 is 1.59. The second-order valence-electron chi connectivity index (χ2n) is 10.2. The molecule has 3 aliphatic heterocycles. The topological polar surface area (TPSA) is 96.4 Å². The number of anilines is 1. The Balaban J connectivity index is 1.66. The molecule has 1 aromatic carbocycles. The number of aliphatic hydroxyl groups is 1. The average molecular weight is 543 g/mol. The summed E-state index contributed by atoms with van der Waals surface area (Å²) in [5, 5.41) is 10.00. The Morgan fingerprint density at radius 2 is 2.00 bits per heavy atom. The average Bonchev–Trinajstić information content (AvgIpc) is 3.58. The minimum absolute atomic E-state index is 0.0691. The molecule has 9 heteroatoms. The van der Waals surface area contributed by atoms with Crippen LogP contribution in [0.2, 0.25) is 0 Å². The number of unbranched alkanes of at least 4 members (excludes halogenated alkanes) is 2. The van der Waals surface area contributed by atoms with Gasteiger partial charge in [-0.1, -0.05) is 12.2 Å². The van der Waals surface area contributed by atoms with Crippen LogP contribution in [0.25, 0.3) is 0 Å². The molecule has 2 unspecified atom stereocenters. The molecule has 2 amide bonds. The number of hydrogen-bond acceptors (Lipinski definition) is 7. The van der Waals surface area contributed by atoms with Crippen molar-refractivity contribution in [3.63, 3.8) is 0 Å². The number of benzene rings is 1. The Morgan fingerprint density at radius 3 is 2.63 bits per heavy atom. The normalized spacial score (nSPS) is 28.1. The summed E-state index contributed by atoms with van der Waals surface area (Å²) in [5.74, 6) is -1.43. The van der Waals surface area contributed by atoms with Crippen molar-refractivity contribution >= 4 is 35.2 Å². The van der Waals surface area contributed by atoms with Crippen molar-refractivity contribution in [1.29, 1.82) is 0 Å². The van der Waals surface area contributed by atoms with E-state index >= 15 is 0 Å². The van der Waals surface area contributed by atoms with Gasteiger partial charge < -0.3 is 24.4 Å². The van der Waals surface area contributed by atoms with Crippen LogP contribution in [0.3, 0.4) is 0 Å². The van der Waals surface area contributed by atoms with Gasteiger partial charge in [0, 0.05) is 17.5 Å². The molecule has 206 valence electrons. The first kappa shape index (κ1) is 28.2. The SMILES string of the molecule is C=CCCCCOC(=O)[C@@H]1[C@@H]2CCC3(S2)C(C(=O)N(CC=C)c2ccc(OC)cc2)N([C@H](C)CO)C(=O)[C@H]13. The van der Waals surface area contributed by atoms with Crippen LogP contribution in [-0.4, -0.2) is 76.7 Å². The maximum absolute atomic E-state index is 14.4. The predicted octanol–water partition coefficient (Wildman–Crippen LogP) is 3.59. The fourth-order valence-corrected chi connectivity index (χ4v) is 8.41. The smallest absolute Gasteiger partial charge is 0.310 e. The van der Waals surface area contributed by atoms with E-state index in [0.717, 1.165) is 25.7 Å². The van der Waals surface area contributed by atoms with Crippen LogP contribution in [-0.2, 0) is 19.1 Å². The quantitative estimate of drug-likeness (QED) is 0.231. The molecule has 1 spiro atoms. The highest BCUT2D eigenvalue weighted by atomic mass is 32.2. The number of esters is 1. The van der Waals surface area contributed by atoms with Gasteiger partial charge in [0.15, 0.2) is 0 Å².